The molecule has 2 fully saturated rings. The molecular formula is C7H10FNO2. The minimum absolute atomic E-state index is 0.0762. The van der Waals surface area contributed by atoms with Crippen molar-refractivity contribution in [1.82, 2.24) is 5.32 Å². The Morgan fingerprint density at radius 1 is 1.82 bits per heavy atom. The lowest BCUT2D eigenvalue weighted by Crippen LogP contribution is -2.46. The maximum atomic E-state index is 12.8. The van der Waals surface area contributed by atoms with Gasteiger partial charge in [0, 0.05) is 13.0 Å². The third-order valence-corrected chi connectivity index (χ3v) is 2.50. The van der Waals surface area contributed by atoms with Crippen LogP contribution in [-0.2, 0) is 9.53 Å². The Morgan fingerprint density at radius 3 is 2.82 bits per heavy atom. The number of hydrogen-bond acceptors (Lipinski definition) is 3. The topological polar surface area (TPSA) is 38.3 Å². The van der Waals surface area contributed by atoms with Crippen molar-refractivity contribution in [3.05, 3.63) is 0 Å². The van der Waals surface area contributed by atoms with Gasteiger partial charge >= 0.3 is 0 Å². The number of nitrogens with one attached hydrogen (secondary N) is 1. The lowest BCUT2D eigenvalue weighted by atomic mass is 9.99. The van der Waals surface area contributed by atoms with E-state index >= 15 is 0 Å². The molecule has 0 radical (unpaired) electrons. The molecule has 2 aliphatic heterocycles. The van der Waals surface area contributed by atoms with E-state index in [2.05, 4.69) is 5.32 Å². The second-order valence-corrected chi connectivity index (χ2v) is 3.21. The molecule has 62 valence electrons. The Labute approximate surface area is 63.9 Å². The first kappa shape index (κ1) is 7.18. The quantitative estimate of drug-likeness (QED) is 0.585. The Morgan fingerprint density at radius 2 is 2.55 bits per heavy atom. The molecule has 0 amide bonds. The number of ketones is 1. The van der Waals surface area contributed by atoms with Gasteiger partial charge in [0.1, 0.15) is 5.60 Å². The van der Waals surface area contributed by atoms with Crippen molar-refractivity contribution < 1.29 is 13.9 Å². The number of alkyl halides is 1. The van der Waals surface area contributed by atoms with Gasteiger partial charge in [-0.15, -0.1) is 0 Å². The van der Waals surface area contributed by atoms with Crippen molar-refractivity contribution in [3.8, 4) is 0 Å². The molecule has 3 nitrogen and oxygen atoms in total. The summed E-state index contributed by atoms with van der Waals surface area (Å²) in [4.78, 5) is 11.0. The van der Waals surface area contributed by atoms with E-state index in [4.69, 9.17) is 4.74 Å². The van der Waals surface area contributed by atoms with E-state index in [-0.39, 0.29) is 11.8 Å². The van der Waals surface area contributed by atoms with Gasteiger partial charge < -0.3 is 10.1 Å². The molecule has 2 saturated heterocycles. The van der Waals surface area contributed by atoms with Crippen LogP contribution >= 0.6 is 0 Å². The maximum absolute atomic E-state index is 12.8. The van der Waals surface area contributed by atoms with E-state index in [1.807, 2.05) is 0 Å². The number of Topliss-reactive ketones (excluding diaryl/α,β-unsaturated/α-hetero) is 1. The predicted octanol–water partition coefficient (Wildman–Crippen LogP) is 0.00190. The van der Waals surface area contributed by atoms with E-state index in [1.165, 1.54) is 6.92 Å². The Balaban J connectivity index is 2.23. The van der Waals surface area contributed by atoms with Crippen molar-refractivity contribution >= 4 is 5.78 Å². The Bertz CT molecular complexity index is 205. The summed E-state index contributed by atoms with van der Waals surface area (Å²) in [6.45, 7) is 1.91. The van der Waals surface area contributed by atoms with Gasteiger partial charge in [-0.1, -0.05) is 0 Å². The molecule has 1 N–H and O–H groups in total. The highest BCUT2D eigenvalue weighted by Crippen LogP contribution is 2.36. The highest BCUT2D eigenvalue weighted by atomic mass is 19.1. The van der Waals surface area contributed by atoms with Crippen LogP contribution in [0.4, 0.5) is 4.39 Å². The fraction of sp³-hybridized carbons (Fsp3) is 0.857. The first-order valence-corrected chi connectivity index (χ1v) is 3.70. The summed E-state index contributed by atoms with van der Waals surface area (Å²) in [6.07, 6.45) is -0.809. The summed E-state index contributed by atoms with van der Waals surface area (Å²) < 4.78 is 17.7. The lowest BCUT2D eigenvalue weighted by Gasteiger charge is -2.25. The standard InChI is InChI=1S/C7H10FNO2/c1-4(10)7-2-5(9-3-7)6(8)11-7/h5-6,9H,2-3H2,1H3. The summed E-state index contributed by atoms with van der Waals surface area (Å²) in [7, 11) is 0. The van der Waals surface area contributed by atoms with E-state index in [9.17, 15) is 9.18 Å². The van der Waals surface area contributed by atoms with Crippen LogP contribution < -0.4 is 5.32 Å². The van der Waals surface area contributed by atoms with Crippen LogP contribution in [0.3, 0.4) is 0 Å². The summed E-state index contributed by atoms with van der Waals surface area (Å²) >= 11 is 0. The van der Waals surface area contributed by atoms with Gasteiger partial charge in [-0.3, -0.25) is 4.79 Å². The molecule has 11 heavy (non-hydrogen) atoms. The number of fused-ring (bicyclic) bond motifs is 2. The third kappa shape index (κ3) is 0.827. The Hall–Kier alpha value is -0.480. The van der Waals surface area contributed by atoms with Gasteiger partial charge in [-0.2, -0.15) is 0 Å². The van der Waals surface area contributed by atoms with Crippen LogP contribution in [0.25, 0.3) is 0 Å². The normalized spacial score (nSPS) is 48.2. The molecule has 2 bridgehead atoms. The van der Waals surface area contributed by atoms with E-state index in [0.717, 1.165) is 0 Å². The van der Waals surface area contributed by atoms with Crippen LogP contribution in [0.2, 0.25) is 0 Å². The van der Waals surface area contributed by atoms with Crippen molar-refractivity contribution in [2.75, 3.05) is 6.54 Å². The molecule has 0 saturated carbocycles. The van der Waals surface area contributed by atoms with E-state index in [1.54, 1.807) is 0 Å². The number of ether oxygens (including phenoxy) is 1. The molecule has 0 aromatic carbocycles. The average molecular weight is 159 g/mol. The van der Waals surface area contributed by atoms with Gasteiger partial charge in [0.05, 0.1) is 6.04 Å². The molecule has 0 spiro atoms. The molecular weight excluding hydrogens is 149 g/mol. The minimum Gasteiger partial charge on any atom is -0.331 e. The number of carbonyl (C=O) groups is 1. The largest absolute Gasteiger partial charge is 0.331 e. The SMILES string of the molecule is CC(=O)C12CNC(C1)C(F)O2. The van der Waals surface area contributed by atoms with Crippen LogP contribution in [0.1, 0.15) is 13.3 Å². The molecule has 3 unspecified atom stereocenters. The van der Waals surface area contributed by atoms with Gasteiger partial charge in [0.25, 0.3) is 0 Å². The van der Waals surface area contributed by atoms with E-state index in [0.29, 0.717) is 13.0 Å². The van der Waals surface area contributed by atoms with Gasteiger partial charge in [-0.05, 0) is 6.92 Å². The third-order valence-electron chi connectivity index (χ3n) is 2.50. The number of halogens is 1. The first-order valence-electron chi connectivity index (χ1n) is 3.70. The monoisotopic (exact) mass is 159 g/mol. The number of hydrogen-bond donors (Lipinski definition) is 1. The summed E-state index contributed by atoms with van der Waals surface area (Å²) in [5.74, 6) is -0.0762. The Kier molecular flexibility index (Phi) is 1.32. The number of carbonyl (C=O) groups excluding carboxylic acids is 1. The average Bonchev–Trinajstić information content (AvgIpc) is 2.44. The van der Waals surface area contributed by atoms with Gasteiger partial charge in [0.2, 0.25) is 6.36 Å². The summed E-state index contributed by atoms with van der Waals surface area (Å²) in [5.41, 5.74) is -0.843. The second-order valence-electron chi connectivity index (χ2n) is 3.21. The van der Waals surface area contributed by atoms with Gasteiger partial charge in [0.15, 0.2) is 5.78 Å². The van der Waals surface area contributed by atoms with Crippen LogP contribution in [0, 0.1) is 0 Å². The van der Waals surface area contributed by atoms with Gasteiger partial charge in [-0.25, -0.2) is 4.39 Å². The number of morpholine rings is 1. The predicted molar refractivity (Wildman–Crippen MR) is 35.8 cm³/mol. The zero-order valence-electron chi connectivity index (χ0n) is 6.26. The first-order chi connectivity index (χ1) is 5.14. The fourth-order valence-electron chi connectivity index (χ4n) is 1.72. The molecule has 0 aromatic heterocycles. The zero-order valence-corrected chi connectivity index (χ0v) is 6.26. The van der Waals surface area contributed by atoms with Crippen LogP contribution in [0.15, 0.2) is 0 Å². The van der Waals surface area contributed by atoms with Crippen molar-refractivity contribution in [2.24, 2.45) is 0 Å². The molecule has 4 heteroatoms. The highest BCUT2D eigenvalue weighted by Gasteiger charge is 2.55. The zero-order chi connectivity index (χ0) is 8.06. The maximum Gasteiger partial charge on any atom is 0.215 e. The molecule has 2 rings (SSSR count). The molecule has 0 aliphatic carbocycles. The smallest absolute Gasteiger partial charge is 0.215 e. The van der Waals surface area contributed by atoms with Crippen LogP contribution in [0.5, 0.6) is 0 Å². The fourth-order valence-corrected chi connectivity index (χ4v) is 1.72. The molecule has 2 heterocycles. The minimum atomic E-state index is -1.30. The van der Waals surface area contributed by atoms with E-state index < -0.39 is 12.0 Å². The molecule has 3 atom stereocenters. The summed E-state index contributed by atoms with van der Waals surface area (Å²) in [5, 5.41) is 2.91. The van der Waals surface area contributed by atoms with Crippen molar-refractivity contribution in [2.45, 2.75) is 31.3 Å². The van der Waals surface area contributed by atoms with Crippen molar-refractivity contribution in [1.29, 1.82) is 0 Å². The highest BCUT2D eigenvalue weighted by molar-refractivity contribution is 5.86. The van der Waals surface area contributed by atoms with Crippen LogP contribution in [-0.4, -0.2) is 30.3 Å². The second kappa shape index (κ2) is 2.01. The molecule has 2 aliphatic rings. The summed E-state index contributed by atoms with van der Waals surface area (Å²) in [6, 6.07) is -0.265. The van der Waals surface area contributed by atoms with Crippen molar-refractivity contribution in [3.63, 3.8) is 0 Å². The lowest BCUT2D eigenvalue weighted by molar-refractivity contribution is -0.154. The molecule has 0 aromatic rings. The number of rotatable bonds is 1.